The lowest BCUT2D eigenvalue weighted by Gasteiger charge is -2.39. The first-order chi connectivity index (χ1) is 9.29. The second-order valence-electron chi connectivity index (χ2n) is 5.55. The molecule has 0 radical (unpaired) electrons. The highest BCUT2D eigenvalue weighted by Gasteiger charge is 2.25. The molecule has 2 heteroatoms. The van der Waals surface area contributed by atoms with Crippen LogP contribution in [-0.2, 0) is 0 Å². The van der Waals surface area contributed by atoms with Crippen molar-refractivity contribution in [3.05, 3.63) is 42.5 Å². The van der Waals surface area contributed by atoms with E-state index in [0.29, 0.717) is 12.1 Å². The summed E-state index contributed by atoms with van der Waals surface area (Å²) in [7, 11) is 2.07. The van der Waals surface area contributed by atoms with E-state index in [1.54, 1.807) is 0 Å². The van der Waals surface area contributed by atoms with Gasteiger partial charge in [-0.1, -0.05) is 36.4 Å². The molecular weight excluding hydrogens is 232 g/mol. The zero-order valence-corrected chi connectivity index (χ0v) is 11.8. The average Bonchev–Trinajstić information content (AvgIpc) is 2.46. The molecule has 2 aromatic rings. The van der Waals surface area contributed by atoms with Crippen LogP contribution in [0, 0.1) is 0 Å². The predicted octanol–water partition coefficient (Wildman–Crippen LogP) is 3.42. The van der Waals surface area contributed by atoms with E-state index in [2.05, 4.69) is 66.7 Å². The van der Waals surface area contributed by atoms with Gasteiger partial charge in [0.05, 0.1) is 0 Å². The Morgan fingerprint density at radius 1 is 1.11 bits per heavy atom. The Labute approximate surface area is 115 Å². The Balaban J connectivity index is 1.96. The second kappa shape index (κ2) is 5.22. The van der Waals surface area contributed by atoms with E-state index in [1.165, 1.54) is 29.3 Å². The van der Waals surface area contributed by atoms with Crippen LogP contribution in [0.3, 0.4) is 0 Å². The van der Waals surface area contributed by atoms with Gasteiger partial charge in [0, 0.05) is 29.7 Å². The van der Waals surface area contributed by atoms with E-state index in [9.17, 15) is 0 Å². The van der Waals surface area contributed by atoms with E-state index in [4.69, 9.17) is 0 Å². The lowest BCUT2D eigenvalue weighted by molar-refractivity contribution is 0.387. The molecule has 100 valence electrons. The maximum Gasteiger partial charge on any atom is 0.0448 e. The van der Waals surface area contributed by atoms with Crippen molar-refractivity contribution in [2.24, 2.45) is 0 Å². The standard InChI is InChI=1S/C17H22N2/c1-13-12-15(18-2)10-11-19(13)17-9-5-7-14-6-3-4-8-16(14)17/h3-9,13,15,18H,10-12H2,1-2H3. The fourth-order valence-corrected chi connectivity index (χ4v) is 3.25. The smallest absolute Gasteiger partial charge is 0.0448 e. The molecule has 0 spiro atoms. The largest absolute Gasteiger partial charge is 0.368 e. The van der Waals surface area contributed by atoms with E-state index >= 15 is 0 Å². The van der Waals surface area contributed by atoms with E-state index in [-0.39, 0.29) is 0 Å². The molecule has 0 aromatic heterocycles. The van der Waals surface area contributed by atoms with Gasteiger partial charge in [-0.15, -0.1) is 0 Å². The van der Waals surface area contributed by atoms with Crippen LogP contribution in [0.15, 0.2) is 42.5 Å². The van der Waals surface area contributed by atoms with Crippen LogP contribution in [0.4, 0.5) is 5.69 Å². The molecule has 1 saturated heterocycles. The zero-order valence-electron chi connectivity index (χ0n) is 11.8. The SMILES string of the molecule is CNC1CCN(c2cccc3ccccc23)C(C)C1. The molecule has 1 fully saturated rings. The number of hydrogen-bond donors (Lipinski definition) is 1. The molecule has 0 aliphatic carbocycles. The lowest BCUT2D eigenvalue weighted by atomic mass is 9.96. The first-order valence-corrected chi connectivity index (χ1v) is 7.21. The fourth-order valence-electron chi connectivity index (χ4n) is 3.25. The molecule has 19 heavy (non-hydrogen) atoms. The normalized spacial score (nSPS) is 23.8. The molecule has 1 aliphatic heterocycles. The lowest BCUT2D eigenvalue weighted by Crippen LogP contribution is -2.46. The monoisotopic (exact) mass is 254 g/mol. The van der Waals surface area contributed by atoms with Gasteiger partial charge < -0.3 is 10.2 Å². The third-order valence-electron chi connectivity index (χ3n) is 4.36. The molecule has 2 atom stereocenters. The van der Waals surface area contributed by atoms with Crippen LogP contribution in [0.25, 0.3) is 10.8 Å². The van der Waals surface area contributed by atoms with Gasteiger partial charge in [-0.05, 0) is 38.3 Å². The molecule has 2 unspecified atom stereocenters. The summed E-state index contributed by atoms with van der Waals surface area (Å²) in [4.78, 5) is 2.57. The van der Waals surface area contributed by atoms with Gasteiger partial charge >= 0.3 is 0 Å². The summed E-state index contributed by atoms with van der Waals surface area (Å²) in [5.41, 5.74) is 1.39. The van der Waals surface area contributed by atoms with E-state index in [1.807, 2.05) is 0 Å². The number of piperidine rings is 1. The van der Waals surface area contributed by atoms with Gasteiger partial charge in [-0.3, -0.25) is 0 Å². The van der Waals surface area contributed by atoms with Gasteiger partial charge in [-0.2, -0.15) is 0 Å². The van der Waals surface area contributed by atoms with Crippen molar-refractivity contribution in [3.63, 3.8) is 0 Å². The van der Waals surface area contributed by atoms with Gasteiger partial charge in [-0.25, -0.2) is 0 Å². The highest BCUT2D eigenvalue weighted by atomic mass is 15.2. The summed E-state index contributed by atoms with van der Waals surface area (Å²) in [6, 6.07) is 16.6. The summed E-state index contributed by atoms with van der Waals surface area (Å²) in [6.07, 6.45) is 2.45. The van der Waals surface area contributed by atoms with Crippen LogP contribution >= 0.6 is 0 Å². The van der Waals surface area contributed by atoms with Gasteiger partial charge in [0.25, 0.3) is 0 Å². The number of nitrogens with zero attached hydrogens (tertiary/aromatic N) is 1. The highest BCUT2D eigenvalue weighted by molar-refractivity contribution is 5.94. The Morgan fingerprint density at radius 3 is 2.68 bits per heavy atom. The summed E-state index contributed by atoms with van der Waals surface area (Å²) >= 11 is 0. The summed E-state index contributed by atoms with van der Waals surface area (Å²) in [5, 5.41) is 6.13. The van der Waals surface area contributed by atoms with Gasteiger partial charge in [0.15, 0.2) is 0 Å². The Kier molecular flexibility index (Phi) is 3.43. The van der Waals surface area contributed by atoms with E-state index in [0.717, 1.165) is 6.54 Å². The number of nitrogens with one attached hydrogen (secondary N) is 1. The van der Waals surface area contributed by atoms with Crippen molar-refractivity contribution in [1.82, 2.24) is 5.32 Å². The third-order valence-corrected chi connectivity index (χ3v) is 4.36. The van der Waals surface area contributed by atoms with Crippen molar-refractivity contribution in [2.75, 3.05) is 18.5 Å². The van der Waals surface area contributed by atoms with Crippen LogP contribution in [0.5, 0.6) is 0 Å². The van der Waals surface area contributed by atoms with Crippen molar-refractivity contribution in [2.45, 2.75) is 31.8 Å². The molecule has 1 N–H and O–H groups in total. The molecule has 2 nitrogen and oxygen atoms in total. The predicted molar refractivity (Wildman–Crippen MR) is 82.8 cm³/mol. The van der Waals surface area contributed by atoms with Crippen molar-refractivity contribution in [1.29, 1.82) is 0 Å². The molecule has 2 aromatic carbocycles. The Morgan fingerprint density at radius 2 is 1.89 bits per heavy atom. The second-order valence-corrected chi connectivity index (χ2v) is 5.55. The maximum absolute atomic E-state index is 3.42. The summed E-state index contributed by atoms with van der Waals surface area (Å²) in [5.74, 6) is 0. The topological polar surface area (TPSA) is 15.3 Å². The van der Waals surface area contributed by atoms with Crippen LogP contribution in [-0.4, -0.2) is 25.7 Å². The Bertz CT molecular complexity index is 559. The van der Waals surface area contributed by atoms with Crippen molar-refractivity contribution < 1.29 is 0 Å². The minimum atomic E-state index is 0.594. The minimum absolute atomic E-state index is 0.594. The quantitative estimate of drug-likeness (QED) is 0.883. The number of fused-ring (bicyclic) bond motifs is 1. The number of anilines is 1. The van der Waals surface area contributed by atoms with Crippen LogP contribution < -0.4 is 10.2 Å². The molecule has 0 amide bonds. The number of rotatable bonds is 2. The summed E-state index contributed by atoms with van der Waals surface area (Å²) in [6.45, 7) is 3.48. The summed E-state index contributed by atoms with van der Waals surface area (Å²) < 4.78 is 0. The number of benzene rings is 2. The van der Waals surface area contributed by atoms with E-state index < -0.39 is 0 Å². The average molecular weight is 254 g/mol. The zero-order chi connectivity index (χ0) is 13.2. The van der Waals surface area contributed by atoms with Gasteiger partial charge in [0.2, 0.25) is 0 Å². The van der Waals surface area contributed by atoms with Crippen molar-refractivity contribution >= 4 is 16.5 Å². The minimum Gasteiger partial charge on any atom is -0.368 e. The molecule has 0 bridgehead atoms. The first-order valence-electron chi connectivity index (χ1n) is 7.21. The molecule has 1 heterocycles. The molecular formula is C17H22N2. The maximum atomic E-state index is 3.42. The molecule has 1 aliphatic rings. The van der Waals surface area contributed by atoms with Crippen molar-refractivity contribution in [3.8, 4) is 0 Å². The Hall–Kier alpha value is -1.54. The highest BCUT2D eigenvalue weighted by Crippen LogP contribution is 2.31. The fraction of sp³-hybridized carbons (Fsp3) is 0.412. The van der Waals surface area contributed by atoms with Gasteiger partial charge in [0.1, 0.15) is 0 Å². The van der Waals surface area contributed by atoms with Crippen LogP contribution in [0.2, 0.25) is 0 Å². The van der Waals surface area contributed by atoms with Crippen LogP contribution in [0.1, 0.15) is 19.8 Å². The third kappa shape index (κ3) is 2.33. The molecule has 0 saturated carbocycles. The number of hydrogen-bond acceptors (Lipinski definition) is 2. The molecule has 3 rings (SSSR count). The first kappa shape index (κ1) is 12.5.